The first kappa shape index (κ1) is 20.3. The molecule has 0 aliphatic heterocycles. The minimum atomic E-state index is -0.428. The van der Waals surface area contributed by atoms with Gasteiger partial charge in [0.05, 0.1) is 6.42 Å². The van der Waals surface area contributed by atoms with E-state index in [1.807, 2.05) is 78.9 Å². The van der Waals surface area contributed by atoms with Gasteiger partial charge >= 0.3 is 5.97 Å². The fraction of sp³-hybridized carbons (Fsp3) is 0.200. The van der Waals surface area contributed by atoms with E-state index in [2.05, 4.69) is 19.2 Å². The van der Waals surface area contributed by atoms with E-state index >= 15 is 0 Å². The van der Waals surface area contributed by atoms with Gasteiger partial charge in [0.25, 0.3) is 5.91 Å². The van der Waals surface area contributed by atoms with Gasteiger partial charge in [-0.15, -0.1) is 0 Å². The molecule has 0 aliphatic rings. The maximum atomic E-state index is 12.0. The zero-order valence-corrected chi connectivity index (χ0v) is 16.7. The van der Waals surface area contributed by atoms with Crippen LogP contribution in [0.3, 0.4) is 0 Å². The average molecular weight is 387 g/mol. The third kappa shape index (κ3) is 6.04. The second-order valence-electron chi connectivity index (χ2n) is 7.23. The molecule has 0 radical (unpaired) electrons. The van der Waals surface area contributed by atoms with Crippen molar-refractivity contribution < 1.29 is 14.3 Å². The Balaban J connectivity index is 1.46. The summed E-state index contributed by atoms with van der Waals surface area (Å²) in [6, 6.07) is 25.5. The second kappa shape index (κ2) is 9.69. The Morgan fingerprint density at radius 1 is 0.828 bits per heavy atom. The van der Waals surface area contributed by atoms with Crippen LogP contribution in [-0.4, -0.2) is 18.5 Å². The molecule has 0 atom stereocenters. The average Bonchev–Trinajstić information content (AvgIpc) is 2.74. The van der Waals surface area contributed by atoms with Crippen LogP contribution in [0, 0.1) is 0 Å². The molecule has 0 spiro atoms. The van der Waals surface area contributed by atoms with Crippen LogP contribution < -0.4 is 5.32 Å². The van der Waals surface area contributed by atoms with Gasteiger partial charge in [0.15, 0.2) is 6.61 Å². The van der Waals surface area contributed by atoms with Gasteiger partial charge in [-0.1, -0.05) is 80.6 Å². The lowest BCUT2D eigenvalue weighted by Crippen LogP contribution is -2.21. The van der Waals surface area contributed by atoms with Gasteiger partial charge < -0.3 is 10.1 Å². The molecule has 3 aromatic carbocycles. The van der Waals surface area contributed by atoms with Crippen LogP contribution in [0.5, 0.6) is 0 Å². The fourth-order valence-corrected chi connectivity index (χ4v) is 2.96. The molecule has 1 N–H and O–H groups in total. The Labute approximate surface area is 171 Å². The monoisotopic (exact) mass is 387 g/mol. The van der Waals surface area contributed by atoms with Crippen LogP contribution in [0.2, 0.25) is 0 Å². The third-order valence-corrected chi connectivity index (χ3v) is 4.63. The molecule has 3 aromatic rings. The van der Waals surface area contributed by atoms with E-state index in [0.29, 0.717) is 11.6 Å². The number of carbonyl (C=O) groups excluding carboxylic acids is 2. The molecule has 29 heavy (non-hydrogen) atoms. The predicted octanol–water partition coefficient (Wildman–Crippen LogP) is 5.20. The number of anilines is 1. The van der Waals surface area contributed by atoms with Crippen LogP contribution in [0.4, 0.5) is 5.69 Å². The lowest BCUT2D eigenvalue weighted by molar-refractivity contribution is -0.146. The number of hydrogen-bond acceptors (Lipinski definition) is 3. The van der Waals surface area contributed by atoms with E-state index in [1.54, 1.807) is 0 Å². The summed E-state index contributed by atoms with van der Waals surface area (Å²) in [4.78, 5) is 24.0. The van der Waals surface area contributed by atoms with Gasteiger partial charge in [-0.2, -0.15) is 0 Å². The van der Waals surface area contributed by atoms with Crippen LogP contribution in [0.25, 0.3) is 11.1 Å². The van der Waals surface area contributed by atoms with Crippen molar-refractivity contribution in [3.05, 3.63) is 90.0 Å². The zero-order chi connectivity index (χ0) is 20.6. The molecular weight excluding hydrogens is 362 g/mol. The Hall–Kier alpha value is -3.40. The molecule has 0 aliphatic carbocycles. The third-order valence-electron chi connectivity index (χ3n) is 4.63. The summed E-state index contributed by atoms with van der Waals surface area (Å²) in [7, 11) is 0. The molecule has 0 unspecified atom stereocenters. The van der Waals surface area contributed by atoms with Gasteiger partial charge in [0, 0.05) is 5.69 Å². The quantitative estimate of drug-likeness (QED) is 0.567. The number of esters is 1. The number of benzene rings is 3. The highest BCUT2D eigenvalue weighted by Gasteiger charge is 2.10. The molecule has 4 nitrogen and oxygen atoms in total. The van der Waals surface area contributed by atoms with Gasteiger partial charge in [-0.05, 0) is 40.3 Å². The maximum absolute atomic E-state index is 12.0. The molecule has 0 bridgehead atoms. The first-order chi connectivity index (χ1) is 14.0. The molecule has 3 rings (SSSR count). The first-order valence-electron chi connectivity index (χ1n) is 9.71. The molecular formula is C25H25NO3. The van der Waals surface area contributed by atoms with E-state index in [9.17, 15) is 9.59 Å². The lowest BCUT2D eigenvalue weighted by atomic mass is 10.0. The fourth-order valence-electron chi connectivity index (χ4n) is 2.96. The summed E-state index contributed by atoms with van der Waals surface area (Å²) < 4.78 is 5.11. The van der Waals surface area contributed by atoms with Crippen molar-refractivity contribution in [1.29, 1.82) is 0 Å². The van der Waals surface area contributed by atoms with Crippen LogP contribution >= 0.6 is 0 Å². The molecule has 0 saturated heterocycles. The summed E-state index contributed by atoms with van der Waals surface area (Å²) in [6.07, 6.45) is 0.130. The molecule has 1 amide bonds. The van der Waals surface area contributed by atoms with Crippen molar-refractivity contribution in [1.82, 2.24) is 0 Å². The van der Waals surface area contributed by atoms with Gasteiger partial charge in [-0.3, -0.25) is 9.59 Å². The molecule has 0 aromatic heterocycles. The van der Waals surface area contributed by atoms with Crippen LogP contribution in [-0.2, 0) is 20.7 Å². The summed E-state index contributed by atoms with van der Waals surface area (Å²) >= 11 is 0. The number of rotatable bonds is 7. The summed E-state index contributed by atoms with van der Waals surface area (Å²) in [5.41, 5.74) is 4.95. The number of carbonyl (C=O) groups is 2. The molecule has 4 heteroatoms. The summed E-state index contributed by atoms with van der Waals surface area (Å²) in [5.74, 6) is -0.347. The van der Waals surface area contributed by atoms with Crippen molar-refractivity contribution in [3.63, 3.8) is 0 Å². The Morgan fingerprint density at radius 3 is 2.07 bits per heavy atom. The second-order valence-corrected chi connectivity index (χ2v) is 7.23. The maximum Gasteiger partial charge on any atom is 0.310 e. The number of hydrogen-bond donors (Lipinski definition) is 1. The van der Waals surface area contributed by atoms with Crippen molar-refractivity contribution in [2.45, 2.75) is 26.2 Å². The smallest absolute Gasteiger partial charge is 0.310 e. The number of amides is 1. The van der Waals surface area contributed by atoms with Gasteiger partial charge in [-0.25, -0.2) is 0 Å². The predicted molar refractivity (Wildman–Crippen MR) is 116 cm³/mol. The van der Waals surface area contributed by atoms with Crippen LogP contribution in [0.15, 0.2) is 78.9 Å². The van der Waals surface area contributed by atoms with E-state index in [-0.39, 0.29) is 18.9 Å². The summed E-state index contributed by atoms with van der Waals surface area (Å²) in [5, 5.41) is 2.74. The Morgan fingerprint density at radius 2 is 1.45 bits per heavy atom. The minimum Gasteiger partial charge on any atom is -0.455 e. The van der Waals surface area contributed by atoms with Crippen molar-refractivity contribution in [3.8, 4) is 11.1 Å². The normalized spacial score (nSPS) is 10.6. The lowest BCUT2D eigenvalue weighted by Gasteiger charge is -2.09. The van der Waals surface area contributed by atoms with Gasteiger partial charge in [0.1, 0.15) is 0 Å². The topological polar surface area (TPSA) is 55.4 Å². The van der Waals surface area contributed by atoms with Crippen molar-refractivity contribution in [2.75, 3.05) is 11.9 Å². The van der Waals surface area contributed by atoms with E-state index in [0.717, 1.165) is 16.7 Å². The highest BCUT2D eigenvalue weighted by molar-refractivity contribution is 5.92. The summed E-state index contributed by atoms with van der Waals surface area (Å²) in [6.45, 7) is 3.93. The largest absolute Gasteiger partial charge is 0.455 e. The van der Waals surface area contributed by atoms with Crippen LogP contribution in [0.1, 0.15) is 30.9 Å². The van der Waals surface area contributed by atoms with Gasteiger partial charge in [0.2, 0.25) is 0 Å². The van der Waals surface area contributed by atoms with E-state index in [4.69, 9.17) is 4.74 Å². The Kier molecular flexibility index (Phi) is 6.80. The highest BCUT2D eigenvalue weighted by atomic mass is 16.5. The zero-order valence-electron chi connectivity index (χ0n) is 16.7. The standard InChI is InChI=1S/C25H25NO3/c1-18(2)20-12-14-23(15-13-20)26-24(27)17-29-25(28)16-19-8-10-22(11-9-19)21-6-4-3-5-7-21/h3-15,18H,16-17H2,1-2H3,(H,26,27). The highest BCUT2D eigenvalue weighted by Crippen LogP contribution is 2.20. The van der Waals surface area contributed by atoms with E-state index < -0.39 is 5.97 Å². The van der Waals surface area contributed by atoms with E-state index in [1.165, 1.54) is 5.56 Å². The molecule has 148 valence electrons. The van der Waals surface area contributed by atoms with Crippen molar-refractivity contribution in [2.24, 2.45) is 0 Å². The molecule has 0 fully saturated rings. The number of ether oxygens (including phenoxy) is 1. The molecule has 0 saturated carbocycles. The minimum absolute atomic E-state index is 0.130. The first-order valence-corrected chi connectivity index (χ1v) is 9.71. The SMILES string of the molecule is CC(C)c1ccc(NC(=O)COC(=O)Cc2ccc(-c3ccccc3)cc2)cc1. The molecule has 0 heterocycles. The van der Waals surface area contributed by atoms with Crippen molar-refractivity contribution >= 4 is 17.6 Å². The number of nitrogens with one attached hydrogen (secondary N) is 1. The Bertz CT molecular complexity index is 946.